The lowest BCUT2D eigenvalue weighted by Gasteiger charge is -2.11. The molecule has 2 aliphatic carbocycles. The molecule has 1 aromatic rings. The first-order valence-electron chi connectivity index (χ1n) is 6.84. The highest BCUT2D eigenvalue weighted by molar-refractivity contribution is 5.85. The molecule has 0 aliphatic heterocycles. The van der Waals surface area contributed by atoms with Crippen LogP contribution in [0.1, 0.15) is 30.4 Å². The number of nitrogens with one attached hydrogen (secondary N) is 1. The van der Waals surface area contributed by atoms with Crippen LogP contribution < -0.4 is 11.1 Å². The number of carbonyl (C=O) groups excluding carboxylic acids is 1. The molecule has 0 heterocycles. The van der Waals surface area contributed by atoms with Gasteiger partial charge in [-0.25, -0.2) is 0 Å². The first-order chi connectivity index (χ1) is 8.78. The number of halogens is 1. The van der Waals surface area contributed by atoms with Crippen molar-refractivity contribution in [3.8, 4) is 0 Å². The summed E-state index contributed by atoms with van der Waals surface area (Å²) < 4.78 is 0. The second-order valence-electron chi connectivity index (χ2n) is 5.50. The third-order valence-corrected chi connectivity index (χ3v) is 4.47. The molecule has 104 valence electrons. The zero-order valence-electron chi connectivity index (χ0n) is 11.0. The van der Waals surface area contributed by atoms with Gasteiger partial charge in [0.05, 0.1) is 0 Å². The average Bonchev–Trinajstić information content (AvgIpc) is 3.01. The fourth-order valence-electron chi connectivity index (χ4n) is 3.38. The first kappa shape index (κ1) is 14.4. The lowest BCUT2D eigenvalue weighted by Crippen LogP contribution is -2.29. The number of fused-ring (bicyclic) bond motifs is 2. The van der Waals surface area contributed by atoms with Crippen molar-refractivity contribution >= 4 is 18.3 Å². The number of amides is 1. The van der Waals surface area contributed by atoms with E-state index in [1.54, 1.807) is 0 Å². The minimum Gasteiger partial charge on any atom is -0.356 e. The Balaban J connectivity index is 0.00000133. The second-order valence-corrected chi connectivity index (χ2v) is 5.50. The van der Waals surface area contributed by atoms with Crippen LogP contribution in [0.25, 0.3) is 0 Å². The summed E-state index contributed by atoms with van der Waals surface area (Å²) >= 11 is 0. The van der Waals surface area contributed by atoms with Crippen molar-refractivity contribution < 1.29 is 4.79 Å². The molecule has 19 heavy (non-hydrogen) atoms. The van der Waals surface area contributed by atoms with E-state index < -0.39 is 0 Å². The van der Waals surface area contributed by atoms with Gasteiger partial charge >= 0.3 is 0 Å². The van der Waals surface area contributed by atoms with Crippen molar-refractivity contribution in [2.75, 3.05) is 13.1 Å². The van der Waals surface area contributed by atoms with Crippen LogP contribution in [0.15, 0.2) is 24.3 Å². The summed E-state index contributed by atoms with van der Waals surface area (Å²) in [6.45, 7) is 1.35. The standard InChI is InChI=1S/C15H20N2O.ClH/c16-8-3-9-17-14(18)13-10-15(13)7-6-11-4-1-2-5-12(11)15;/h1-2,4-5,13H,3,6-10,16H2,(H,17,18);1H. The van der Waals surface area contributed by atoms with Crippen molar-refractivity contribution in [3.05, 3.63) is 35.4 Å². The maximum absolute atomic E-state index is 12.1. The highest BCUT2D eigenvalue weighted by Crippen LogP contribution is 2.61. The summed E-state index contributed by atoms with van der Waals surface area (Å²) in [7, 11) is 0. The van der Waals surface area contributed by atoms with Crippen LogP contribution in [-0.2, 0) is 16.6 Å². The van der Waals surface area contributed by atoms with Crippen LogP contribution in [0.2, 0.25) is 0 Å². The Hall–Kier alpha value is -1.06. The summed E-state index contributed by atoms with van der Waals surface area (Å²) in [5, 5.41) is 3.01. The van der Waals surface area contributed by atoms with Crippen LogP contribution in [0.4, 0.5) is 0 Å². The normalized spacial score (nSPS) is 26.7. The number of hydrogen-bond donors (Lipinski definition) is 2. The lowest BCUT2D eigenvalue weighted by atomic mass is 9.95. The molecule has 2 aliphatic rings. The summed E-state index contributed by atoms with van der Waals surface area (Å²) in [5.74, 6) is 0.416. The molecular weight excluding hydrogens is 260 g/mol. The minimum absolute atomic E-state index is 0. The summed E-state index contributed by atoms with van der Waals surface area (Å²) in [5.41, 5.74) is 8.46. The molecule has 1 spiro atoms. The third-order valence-electron chi connectivity index (χ3n) is 4.47. The highest BCUT2D eigenvalue weighted by Gasteiger charge is 2.61. The van der Waals surface area contributed by atoms with Gasteiger partial charge in [0.2, 0.25) is 5.91 Å². The van der Waals surface area contributed by atoms with E-state index in [0.717, 1.165) is 25.7 Å². The Bertz CT molecular complexity index is 477. The highest BCUT2D eigenvalue weighted by atomic mass is 35.5. The molecule has 0 radical (unpaired) electrons. The molecule has 0 bridgehead atoms. The van der Waals surface area contributed by atoms with E-state index in [2.05, 4.69) is 29.6 Å². The van der Waals surface area contributed by atoms with Gasteiger partial charge in [0, 0.05) is 17.9 Å². The van der Waals surface area contributed by atoms with E-state index in [1.165, 1.54) is 11.1 Å². The van der Waals surface area contributed by atoms with E-state index in [9.17, 15) is 4.79 Å². The third kappa shape index (κ3) is 2.37. The Morgan fingerprint density at radius 3 is 3.00 bits per heavy atom. The fraction of sp³-hybridized carbons (Fsp3) is 0.533. The molecule has 1 fully saturated rings. The SMILES string of the molecule is Cl.NCCCNC(=O)C1CC12CCc1ccccc12. The molecule has 1 amide bonds. The number of benzene rings is 1. The van der Waals surface area contributed by atoms with Gasteiger partial charge in [0.25, 0.3) is 0 Å². The van der Waals surface area contributed by atoms with Crippen LogP contribution in [-0.4, -0.2) is 19.0 Å². The maximum atomic E-state index is 12.1. The number of hydrogen-bond acceptors (Lipinski definition) is 2. The van der Waals surface area contributed by atoms with Crippen molar-refractivity contribution in [2.45, 2.75) is 31.1 Å². The molecule has 0 aromatic heterocycles. The van der Waals surface area contributed by atoms with Gasteiger partial charge in [-0.1, -0.05) is 24.3 Å². The van der Waals surface area contributed by atoms with Gasteiger partial charge in [0.1, 0.15) is 0 Å². The van der Waals surface area contributed by atoms with Gasteiger partial charge in [-0.3, -0.25) is 4.79 Å². The van der Waals surface area contributed by atoms with Gasteiger partial charge in [-0.15, -0.1) is 12.4 Å². The number of carbonyl (C=O) groups is 1. The quantitative estimate of drug-likeness (QED) is 0.826. The average molecular weight is 281 g/mol. The fourth-order valence-corrected chi connectivity index (χ4v) is 3.38. The minimum atomic E-state index is 0. The topological polar surface area (TPSA) is 55.1 Å². The largest absolute Gasteiger partial charge is 0.356 e. The first-order valence-corrected chi connectivity index (χ1v) is 6.84. The predicted octanol–water partition coefficient (Wildman–Crippen LogP) is 1.78. The van der Waals surface area contributed by atoms with E-state index in [0.29, 0.717) is 13.1 Å². The zero-order valence-corrected chi connectivity index (χ0v) is 11.8. The molecule has 2 unspecified atom stereocenters. The van der Waals surface area contributed by atoms with E-state index in [4.69, 9.17) is 5.73 Å². The number of aryl methyl sites for hydroxylation is 1. The summed E-state index contributed by atoms with van der Waals surface area (Å²) in [6, 6.07) is 8.59. The van der Waals surface area contributed by atoms with Gasteiger partial charge in [-0.2, -0.15) is 0 Å². The Labute approximate surface area is 120 Å². The lowest BCUT2D eigenvalue weighted by molar-refractivity contribution is -0.122. The molecule has 4 heteroatoms. The van der Waals surface area contributed by atoms with E-state index in [-0.39, 0.29) is 29.6 Å². The summed E-state index contributed by atoms with van der Waals surface area (Å²) in [6.07, 6.45) is 4.16. The predicted molar refractivity (Wildman–Crippen MR) is 78.5 cm³/mol. The smallest absolute Gasteiger partial charge is 0.224 e. The molecule has 3 rings (SSSR count). The van der Waals surface area contributed by atoms with Crippen LogP contribution >= 0.6 is 12.4 Å². The monoisotopic (exact) mass is 280 g/mol. The Morgan fingerprint density at radius 1 is 1.42 bits per heavy atom. The molecule has 0 saturated heterocycles. The van der Waals surface area contributed by atoms with Crippen LogP contribution in [0.5, 0.6) is 0 Å². The van der Waals surface area contributed by atoms with Gasteiger partial charge < -0.3 is 11.1 Å². The maximum Gasteiger partial charge on any atom is 0.224 e. The van der Waals surface area contributed by atoms with Crippen molar-refractivity contribution in [1.29, 1.82) is 0 Å². The van der Waals surface area contributed by atoms with E-state index in [1.807, 2.05) is 0 Å². The molecule has 1 saturated carbocycles. The molecular formula is C15H21ClN2O. The second kappa shape index (κ2) is 5.51. The molecule has 3 N–H and O–H groups in total. The van der Waals surface area contributed by atoms with Crippen LogP contribution in [0, 0.1) is 5.92 Å². The Morgan fingerprint density at radius 2 is 2.21 bits per heavy atom. The van der Waals surface area contributed by atoms with Gasteiger partial charge in [-0.05, 0) is 43.4 Å². The zero-order chi connectivity index (χ0) is 12.6. The van der Waals surface area contributed by atoms with Crippen molar-refractivity contribution in [1.82, 2.24) is 5.32 Å². The molecule has 3 nitrogen and oxygen atoms in total. The van der Waals surface area contributed by atoms with Crippen molar-refractivity contribution in [3.63, 3.8) is 0 Å². The van der Waals surface area contributed by atoms with Crippen LogP contribution in [0.3, 0.4) is 0 Å². The molecule has 2 atom stereocenters. The van der Waals surface area contributed by atoms with Gasteiger partial charge in [0.15, 0.2) is 0 Å². The number of nitrogens with two attached hydrogens (primary N) is 1. The molecule has 1 aromatic carbocycles. The van der Waals surface area contributed by atoms with E-state index >= 15 is 0 Å². The number of rotatable bonds is 4. The van der Waals surface area contributed by atoms with Crippen molar-refractivity contribution in [2.24, 2.45) is 11.7 Å². The Kier molecular flexibility index (Phi) is 4.16. The summed E-state index contributed by atoms with van der Waals surface area (Å²) in [4.78, 5) is 12.1.